The van der Waals surface area contributed by atoms with Crippen molar-refractivity contribution in [1.29, 1.82) is 0 Å². The molecule has 0 radical (unpaired) electrons. The number of ether oxygens (including phenoxy) is 2. The van der Waals surface area contributed by atoms with Crippen molar-refractivity contribution in [1.82, 2.24) is 9.97 Å². The van der Waals surface area contributed by atoms with Crippen LogP contribution < -0.4 is 26.0 Å². The van der Waals surface area contributed by atoms with Gasteiger partial charge in [-0.05, 0) is 36.4 Å². The lowest BCUT2D eigenvalue weighted by Gasteiger charge is -2.30. The highest BCUT2D eigenvalue weighted by atomic mass is 16.5. The van der Waals surface area contributed by atoms with Gasteiger partial charge in [-0.15, -0.1) is 0 Å². The van der Waals surface area contributed by atoms with Crippen LogP contribution in [0, 0.1) is 0 Å². The highest BCUT2D eigenvalue weighted by molar-refractivity contribution is 6.05. The standard InChI is InChI=1S/C24H24N6O4/c25-21-20-18(14-19(31)27-22(20)29-24(28-21)30-10-12-33-13-11-30)23(32)26-15-6-8-17(9-7-15)34-16-4-2-1-3-5-16/h1-9,18H,10-14H2,(H,26,32)(H3,25,27,28,29,31). The third-order valence-corrected chi connectivity index (χ3v) is 5.67. The van der Waals surface area contributed by atoms with Crippen LogP contribution >= 0.6 is 0 Å². The van der Waals surface area contributed by atoms with Crippen LogP contribution in [-0.2, 0) is 14.3 Å². The Balaban J connectivity index is 1.33. The molecule has 2 aromatic carbocycles. The monoisotopic (exact) mass is 460 g/mol. The largest absolute Gasteiger partial charge is 0.457 e. The minimum Gasteiger partial charge on any atom is -0.457 e. The fourth-order valence-electron chi connectivity index (χ4n) is 3.97. The van der Waals surface area contributed by atoms with Gasteiger partial charge in [0.25, 0.3) is 0 Å². The molecule has 1 fully saturated rings. The number of nitrogens with two attached hydrogens (primary N) is 1. The Bertz CT molecular complexity index is 1200. The van der Waals surface area contributed by atoms with Gasteiger partial charge < -0.3 is 30.7 Å². The van der Waals surface area contributed by atoms with Gasteiger partial charge in [0.05, 0.1) is 24.7 Å². The molecular formula is C24H24N6O4. The Labute approximate surface area is 196 Å². The average Bonchev–Trinajstić information content (AvgIpc) is 2.85. The van der Waals surface area contributed by atoms with Crippen LogP contribution in [0.25, 0.3) is 0 Å². The lowest BCUT2D eigenvalue weighted by atomic mass is 9.92. The molecule has 1 unspecified atom stereocenters. The molecule has 174 valence electrons. The molecule has 2 aliphatic rings. The molecule has 0 spiro atoms. The number of carbonyl (C=O) groups is 2. The van der Waals surface area contributed by atoms with Gasteiger partial charge in [0.2, 0.25) is 17.8 Å². The third-order valence-electron chi connectivity index (χ3n) is 5.67. The molecular weight excluding hydrogens is 436 g/mol. The highest BCUT2D eigenvalue weighted by Gasteiger charge is 2.35. The molecule has 0 saturated carbocycles. The molecule has 2 amide bonds. The van der Waals surface area contributed by atoms with E-state index >= 15 is 0 Å². The van der Waals surface area contributed by atoms with E-state index in [1.807, 2.05) is 35.2 Å². The molecule has 10 nitrogen and oxygen atoms in total. The topological polar surface area (TPSA) is 132 Å². The van der Waals surface area contributed by atoms with Crippen LogP contribution in [-0.4, -0.2) is 48.1 Å². The summed E-state index contributed by atoms with van der Waals surface area (Å²) >= 11 is 0. The van der Waals surface area contributed by atoms with Crippen molar-refractivity contribution in [3.05, 3.63) is 60.2 Å². The minimum absolute atomic E-state index is 0.0432. The summed E-state index contributed by atoms with van der Waals surface area (Å²) in [6, 6.07) is 16.4. The number of carbonyl (C=O) groups excluding carboxylic acids is 2. The Morgan fingerprint density at radius 1 is 1.06 bits per heavy atom. The Hall–Kier alpha value is -4.18. The van der Waals surface area contributed by atoms with E-state index in [1.165, 1.54) is 0 Å². The van der Waals surface area contributed by atoms with E-state index < -0.39 is 5.92 Å². The summed E-state index contributed by atoms with van der Waals surface area (Å²) in [7, 11) is 0. The highest BCUT2D eigenvalue weighted by Crippen LogP contribution is 2.36. The summed E-state index contributed by atoms with van der Waals surface area (Å²) in [6.45, 7) is 2.37. The number of anilines is 4. The second kappa shape index (κ2) is 9.36. The number of benzene rings is 2. The lowest BCUT2D eigenvalue weighted by Crippen LogP contribution is -2.38. The fraction of sp³-hybridized carbons (Fsp3) is 0.250. The van der Waals surface area contributed by atoms with Gasteiger partial charge in [0.1, 0.15) is 23.1 Å². The van der Waals surface area contributed by atoms with E-state index in [9.17, 15) is 9.59 Å². The number of amides is 2. The Morgan fingerprint density at radius 2 is 1.76 bits per heavy atom. The molecule has 2 aliphatic heterocycles. The number of rotatable bonds is 5. The van der Waals surface area contributed by atoms with Crippen molar-refractivity contribution in [2.24, 2.45) is 0 Å². The molecule has 34 heavy (non-hydrogen) atoms. The van der Waals surface area contributed by atoms with Gasteiger partial charge in [0.15, 0.2) is 0 Å². The van der Waals surface area contributed by atoms with E-state index in [1.54, 1.807) is 24.3 Å². The van der Waals surface area contributed by atoms with Gasteiger partial charge in [-0.25, -0.2) is 0 Å². The Morgan fingerprint density at radius 3 is 2.50 bits per heavy atom. The summed E-state index contributed by atoms with van der Waals surface area (Å²) in [4.78, 5) is 36.3. The van der Waals surface area contributed by atoms with Gasteiger partial charge in [-0.2, -0.15) is 9.97 Å². The van der Waals surface area contributed by atoms with E-state index in [0.29, 0.717) is 49.3 Å². The predicted molar refractivity (Wildman–Crippen MR) is 127 cm³/mol. The zero-order chi connectivity index (χ0) is 23.5. The average molecular weight is 460 g/mol. The van der Waals surface area contributed by atoms with Crippen LogP contribution in [0.3, 0.4) is 0 Å². The number of fused-ring (bicyclic) bond motifs is 1. The minimum atomic E-state index is -0.803. The van der Waals surface area contributed by atoms with Crippen LogP contribution in [0.1, 0.15) is 17.9 Å². The summed E-state index contributed by atoms with van der Waals surface area (Å²) in [5.41, 5.74) is 7.25. The maximum atomic E-state index is 13.1. The van der Waals surface area contributed by atoms with Gasteiger partial charge in [-0.3, -0.25) is 9.59 Å². The molecule has 1 atom stereocenters. The lowest BCUT2D eigenvalue weighted by molar-refractivity contribution is -0.123. The van der Waals surface area contributed by atoms with E-state index in [4.69, 9.17) is 15.2 Å². The SMILES string of the molecule is Nc1nc(N2CCOCC2)nc2c1C(C(=O)Nc1ccc(Oc3ccccc3)cc1)CC(=O)N2. The molecule has 3 heterocycles. The van der Waals surface area contributed by atoms with E-state index in [0.717, 1.165) is 5.75 Å². The first-order valence-corrected chi connectivity index (χ1v) is 11.0. The molecule has 0 aliphatic carbocycles. The summed E-state index contributed by atoms with van der Waals surface area (Å²) in [6.07, 6.45) is -0.0432. The molecule has 1 saturated heterocycles. The van der Waals surface area contributed by atoms with Crippen LogP contribution in [0.4, 0.5) is 23.3 Å². The number of nitrogen functional groups attached to an aromatic ring is 1. The third kappa shape index (κ3) is 4.62. The van der Waals surface area contributed by atoms with Gasteiger partial charge in [0, 0.05) is 25.2 Å². The summed E-state index contributed by atoms with van der Waals surface area (Å²) < 4.78 is 11.1. The molecule has 3 aromatic rings. The first-order valence-electron chi connectivity index (χ1n) is 11.0. The van der Waals surface area contributed by atoms with Gasteiger partial charge >= 0.3 is 0 Å². The maximum absolute atomic E-state index is 13.1. The first kappa shape index (κ1) is 21.7. The maximum Gasteiger partial charge on any atom is 0.232 e. The zero-order valence-electron chi connectivity index (χ0n) is 18.4. The Kier molecular flexibility index (Phi) is 5.96. The quantitative estimate of drug-likeness (QED) is 0.530. The molecule has 0 bridgehead atoms. The number of nitrogens with one attached hydrogen (secondary N) is 2. The normalized spacial score (nSPS) is 17.5. The second-order valence-corrected chi connectivity index (χ2v) is 8.00. The van der Waals surface area contributed by atoms with E-state index in [2.05, 4.69) is 20.6 Å². The van der Waals surface area contributed by atoms with Crippen molar-refractivity contribution in [3.63, 3.8) is 0 Å². The number of hydrogen-bond donors (Lipinski definition) is 3. The molecule has 10 heteroatoms. The van der Waals surface area contributed by atoms with Crippen molar-refractivity contribution in [2.75, 3.05) is 47.6 Å². The molecule has 1 aromatic heterocycles. The van der Waals surface area contributed by atoms with Crippen molar-refractivity contribution >= 4 is 35.1 Å². The number of morpholine rings is 1. The smallest absolute Gasteiger partial charge is 0.232 e. The number of para-hydroxylation sites is 1. The second-order valence-electron chi connectivity index (χ2n) is 8.00. The van der Waals surface area contributed by atoms with Crippen LogP contribution in [0.2, 0.25) is 0 Å². The number of nitrogens with zero attached hydrogens (tertiary/aromatic N) is 3. The zero-order valence-corrected chi connectivity index (χ0v) is 18.4. The fourth-order valence-corrected chi connectivity index (χ4v) is 3.97. The van der Waals surface area contributed by atoms with Crippen LogP contribution in [0.5, 0.6) is 11.5 Å². The number of hydrogen-bond acceptors (Lipinski definition) is 8. The van der Waals surface area contributed by atoms with Gasteiger partial charge in [-0.1, -0.05) is 18.2 Å². The summed E-state index contributed by atoms with van der Waals surface area (Å²) in [5.74, 6) is 0.761. The molecule has 5 rings (SSSR count). The molecule has 4 N–H and O–H groups in total. The predicted octanol–water partition coefficient (Wildman–Crippen LogP) is 2.75. The van der Waals surface area contributed by atoms with Crippen molar-refractivity contribution < 1.29 is 19.1 Å². The van der Waals surface area contributed by atoms with Crippen molar-refractivity contribution in [3.8, 4) is 11.5 Å². The van der Waals surface area contributed by atoms with Crippen molar-refractivity contribution in [2.45, 2.75) is 12.3 Å². The number of aromatic nitrogens is 2. The summed E-state index contributed by atoms with van der Waals surface area (Å²) in [5, 5.41) is 5.59. The van der Waals surface area contributed by atoms with Crippen LogP contribution in [0.15, 0.2) is 54.6 Å². The van der Waals surface area contributed by atoms with E-state index in [-0.39, 0.29) is 29.9 Å². The first-order chi connectivity index (χ1) is 16.6.